The molecule has 1 aromatic carbocycles. The Morgan fingerprint density at radius 1 is 1.09 bits per heavy atom. The van der Waals surface area contributed by atoms with Crippen LogP contribution >= 0.6 is 7.60 Å². The summed E-state index contributed by atoms with van der Waals surface area (Å²) in [6.45, 7) is 7.83. The quantitative estimate of drug-likeness (QED) is 0.578. The van der Waals surface area contributed by atoms with Crippen molar-refractivity contribution in [2.24, 2.45) is 0 Å². The lowest BCUT2D eigenvalue weighted by molar-refractivity contribution is 0.209. The van der Waals surface area contributed by atoms with Gasteiger partial charge in [0.2, 0.25) is 0 Å². The zero-order valence-electron chi connectivity index (χ0n) is 13.9. The third-order valence-electron chi connectivity index (χ3n) is 3.56. The van der Waals surface area contributed by atoms with E-state index >= 15 is 0 Å². The van der Waals surface area contributed by atoms with Crippen molar-refractivity contribution in [3.05, 3.63) is 35.9 Å². The minimum Gasteiger partial charge on any atom is -0.308 e. The van der Waals surface area contributed by atoms with E-state index in [2.05, 4.69) is 0 Å². The first-order chi connectivity index (χ1) is 10.5. The monoisotopic (exact) mass is 346 g/mol. The van der Waals surface area contributed by atoms with Crippen LogP contribution in [0.25, 0.3) is 0 Å². The molecule has 0 fully saturated rings. The van der Waals surface area contributed by atoms with Crippen LogP contribution in [0.3, 0.4) is 0 Å². The molecule has 6 heteroatoms. The molecule has 0 saturated heterocycles. The molecule has 0 heterocycles. The molecule has 0 radical (unpaired) electrons. The molecule has 0 aliphatic carbocycles. The topological polar surface area (TPSA) is 52.6 Å². The highest BCUT2D eigenvalue weighted by molar-refractivity contribution is 7.93. The minimum atomic E-state index is -3.56. The lowest BCUT2D eigenvalue weighted by Crippen LogP contribution is -2.32. The number of rotatable bonds is 10. The maximum atomic E-state index is 13.4. The van der Waals surface area contributed by atoms with Crippen LogP contribution in [0.15, 0.2) is 30.3 Å². The van der Waals surface area contributed by atoms with Gasteiger partial charge in [-0.3, -0.25) is 8.77 Å². The van der Waals surface area contributed by atoms with E-state index in [0.29, 0.717) is 5.75 Å². The van der Waals surface area contributed by atoms with Crippen molar-refractivity contribution >= 4 is 18.4 Å². The summed E-state index contributed by atoms with van der Waals surface area (Å²) in [4.78, 5) is 0. The second-order valence-corrected chi connectivity index (χ2v) is 9.71. The van der Waals surface area contributed by atoms with Crippen LogP contribution in [-0.2, 0) is 28.9 Å². The fourth-order valence-electron chi connectivity index (χ4n) is 2.26. The maximum Gasteiger partial charge on any atom is 0.353 e. The highest BCUT2D eigenvalue weighted by Gasteiger charge is 2.53. The second kappa shape index (κ2) is 8.97. The van der Waals surface area contributed by atoms with Crippen LogP contribution in [0.5, 0.6) is 0 Å². The van der Waals surface area contributed by atoms with Gasteiger partial charge in [0.15, 0.2) is 4.49 Å². The van der Waals surface area contributed by atoms with E-state index in [4.69, 9.17) is 9.05 Å². The summed E-state index contributed by atoms with van der Waals surface area (Å²) in [5.41, 5.74) is 0.731. The van der Waals surface area contributed by atoms with Crippen molar-refractivity contribution in [1.29, 1.82) is 0 Å². The standard InChI is InChI=1S/C16H27O4PS/c1-5-8-14-22(18)16(4,15-12-10-9-11-13-15)21(17,19-6-2)20-7-3/h9-13H,5-8,14H2,1-4H3. The van der Waals surface area contributed by atoms with Crippen molar-refractivity contribution in [3.63, 3.8) is 0 Å². The predicted molar refractivity (Wildman–Crippen MR) is 92.6 cm³/mol. The van der Waals surface area contributed by atoms with E-state index in [1.807, 2.05) is 37.3 Å². The normalized spacial score (nSPS) is 16.2. The van der Waals surface area contributed by atoms with Crippen LogP contribution in [-0.4, -0.2) is 23.2 Å². The van der Waals surface area contributed by atoms with Crippen LogP contribution < -0.4 is 0 Å². The molecule has 0 bridgehead atoms. The molecule has 4 nitrogen and oxygen atoms in total. The molecule has 0 aliphatic heterocycles. The molecule has 0 saturated carbocycles. The summed E-state index contributed by atoms with van der Waals surface area (Å²) in [5, 5.41) is 0. The summed E-state index contributed by atoms with van der Waals surface area (Å²) < 4.78 is 36.3. The van der Waals surface area contributed by atoms with Gasteiger partial charge in [-0.2, -0.15) is 0 Å². The van der Waals surface area contributed by atoms with Crippen molar-refractivity contribution in [3.8, 4) is 0 Å². The second-order valence-electron chi connectivity index (χ2n) is 5.09. The fourth-order valence-corrected chi connectivity index (χ4v) is 6.91. The van der Waals surface area contributed by atoms with E-state index < -0.39 is 22.9 Å². The first kappa shape index (κ1) is 19.6. The van der Waals surface area contributed by atoms with Crippen molar-refractivity contribution in [2.45, 2.75) is 45.0 Å². The largest absolute Gasteiger partial charge is 0.353 e. The van der Waals surface area contributed by atoms with Gasteiger partial charge in [-0.25, -0.2) is 0 Å². The average molecular weight is 346 g/mol. The molecular weight excluding hydrogens is 319 g/mol. The molecule has 2 unspecified atom stereocenters. The fraction of sp³-hybridized carbons (Fsp3) is 0.625. The van der Waals surface area contributed by atoms with Crippen molar-refractivity contribution < 1.29 is 17.8 Å². The van der Waals surface area contributed by atoms with Crippen LogP contribution in [0.4, 0.5) is 0 Å². The Morgan fingerprint density at radius 3 is 2.09 bits per heavy atom. The van der Waals surface area contributed by atoms with E-state index in [0.717, 1.165) is 18.4 Å². The lowest BCUT2D eigenvalue weighted by atomic mass is 10.2. The van der Waals surface area contributed by atoms with Crippen molar-refractivity contribution in [1.82, 2.24) is 0 Å². The molecule has 1 rings (SSSR count). The Hall–Kier alpha value is -0.480. The highest BCUT2D eigenvalue weighted by Crippen LogP contribution is 2.66. The summed E-state index contributed by atoms with van der Waals surface area (Å²) in [7, 11) is -4.92. The summed E-state index contributed by atoms with van der Waals surface area (Å²) in [6, 6.07) is 9.27. The molecule has 0 aromatic heterocycles. The summed E-state index contributed by atoms with van der Waals surface area (Å²) in [6.07, 6.45) is 1.75. The van der Waals surface area contributed by atoms with Gasteiger partial charge in [0.05, 0.1) is 13.2 Å². The molecular formula is C16H27O4PS. The van der Waals surface area contributed by atoms with Gasteiger partial charge >= 0.3 is 7.60 Å². The Bertz CT molecular complexity index is 510. The number of hydrogen-bond donors (Lipinski definition) is 0. The van der Waals surface area contributed by atoms with Gasteiger partial charge in [0, 0.05) is 16.6 Å². The molecule has 0 spiro atoms. The molecule has 0 aliphatic rings. The van der Waals surface area contributed by atoms with Gasteiger partial charge in [0.1, 0.15) is 0 Å². The summed E-state index contributed by atoms with van der Waals surface area (Å²) >= 11 is 0. The molecule has 1 aromatic rings. The van der Waals surface area contributed by atoms with E-state index in [1.165, 1.54) is 0 Å². The maximum absolute atomic E-state index is 13.4. The molecule has 0 amide bonds. The Kier molecular flexibility index (Phi) is 7.98. The SMILES string of the molecule is CCCCS(=O)C(C)(c1ccccc1)P(=O)(OCC)OCC. The zero-order valence-corrected chi connectivity index (χ0v) is 15.6. The lowest BCUT2D eigenvalue weighted by Gasteiger charge is -2.35. The van der Waals surface area contributed by atoms with E-state index in [-0.39, 0.29) is 13.2 Å². The Morgan fingerprint density at radius 2 is 1.64 bits per heavy atom. The molecule has 0 N–H and O–H groups in total. The van der Waals surface area contributed by atoms with E-state index in [1.54, 1.807) is 20.8 Å². The smallest absolute Gasteiger partial charge is 0.308 e. The first-order valence-corrected chi connectivity index (χ1v) is 10.7. The van der Waals surface area contributed by atoms with Gasteiger partial charge in [0.25, 0.3) is 0 Å². The average Bonchev–Trinajstić information content (AvgIpc) is 2.52. The van der Waals surface area contributed by atoms with Crippen LogP contribution in [0, 0.1) is 0 Å². The first-order valence-electron chi connectivity index (χ1n) is 7.79. The Balaban J connectivity index is 3.37. The van der Waals surface area contributed by atoms with Gasteiger partial charge in [-0.1, -0.05) is 43.7 Å². The molecule has 2 atom stereocenters. The Labute approximate surface area is 136 Å². The number of unbranched alkanes of at least 4 members (excludes halogenated alkanes) is 1. The van der Waals surface area contributed by atoms with Crippen molar-refractivity contribution in [2.75, 3.05) is 19.0 Å². The van der Waals surface area contributed by atoms with Gasteiger partial charge in [-0.15, -0.1) is 0 Å². The van der Waals surface area contributed by atoms with E-state index in [9.17, 15) is 8.77 Å². The number of benzene rings is 1. The van der Waals surface area contributed by atoms with Crippen LogP contribution in [0.1, 0.15) is 46.1 Å². The zero-order chi connectivity index (χ0) is 16.6. The molecule has 22 heavy (non-hydrogen) atoms. The predicted octanol–water partition coefficient (Wildman–Crippen LogP) is 4.67. The van der Waals surface area contributed by atoms with Gasteiger partial charge < -0.3 is 9.05 Å². The minimum absolute atomic E-state index is 0.255. The highest BCUT2D eigenvalue weighted by atomic mass is 32.2. The number of hydrogen-bond acceptors (Lipinski definition) is 4. The van der Waals surface area contributed by atoms with Crippen LogP contribution in [0.2, 0.25) is 0 Å². The third kappa shape index (κ3) is 4.08. The summed E-state index contributed by atoms with van der Waals surface area (Å²) in [5.74, 6) is 0.478. The third-order valence-corrected chi connectivity index (χ3v) is 9.12. The van der Waals surface area contributed by atoms with Gasteiger partial charge in [-0.05, 0) is 32.8 Å². The molecule has 126 valence electrons.